The van der Waals surface area contributed by atoms with Gasteiger partial charge in [-0.25, -0.2) is 14.4 Å². The van der Waals surface area contributed by atoms with Crippen molar-refractivity contribution in [2.75, 3.05) is 19.8 Å². The van der Waals surface area contributed by atoms with Crippen LogP contribution in [0.25, 0.3) is 0 Å². The van der Waals surface area contributed by atoms with Crippen LogP contribution in [0.1, 0.15) is 106 Å². The molecule has 0 spiro atoms. The second-order valence-corrected chi connectivity index (χ2v) is 18.1. The predicted octanol–water partition coefficient (Wildman–Crippen LogP) is 5.07. The highest BCUT2D eigenvalue weighted by Crippen LogP contribution is 2.28. The number of hydrogen-bond acceptors (Lipinski definition) is 17. The lowest BCUT2D eigenvalue weighted by Gasteiger charge is -2.25. The molecule has 8 N–H and O–H groups in total. The fraction of sp³-hybridized carbons (Fsp3) is 0.549. The van der Waals surface area contributed by atoms with Crippen molar-refractivity contribution in [1.29, 1.82) is 0 Å². The topological polar surface area (TPSA) is 313 Å². The highest BCUT2D eigenvalue weighted by atomic mass is 16.6. The average Bonchev–Trinajstić information content (AvgIpc) is 3.29. The SMILES string of the molecule is CCC(C)CC(C)CC(C)CC(C)/C=C(C)/C=C(/CC(C)C(=O)OC(C(=O)OCc1ccc(OC(C)=O)cc1)C(C(=O)O)C(O)C(=O)O)C(=O)OCc1ccc(OC(C)=O)cc1.NC(CO)(CO)CO. The summed E-state index contributed by atoms with van der Waals surface area (Å²) in [5.41, 5.74) is 5.59. The van der Waals surface area contributed by atoms with Gasteiger partial charge in [-0.05, 0) is 97.7 Å². The zero-order chi connectivity index (χ0) is 53.3. The molecule has 2 aromatic rings. The first-order valence-electron chi connectivity index (χ1n) is 23.0. The number of carboxylic acid groups (broad SMARTS) is 2. The lowest BCUT2D eigenvalue weighted by molar-refractivity contribution is -0.186. The van der Waals surface area contributed by atoms with Gasteiger partial charge in [0.1, 0.15) is 30.6 Å². The summed E-state index contributed by atoms with van der Waals surface area (Å²) in [6, 6.07) is 12.0. The molecular weight excluding hydrogens is 915 g/mol. The van der Waals surface area contributed by atoms with Gasteiger partial charge in [0.25, 0.3) is 0 Å². The number of nitrogens with two attached hydrogens (primary N) is 1. The Morgan fingerprint density at radius 2 is 1.11 bits per heavy atom. The Morgan fingerprint density at radius 1 is 0.657 bits per heavy atom. The zero-order valence-electron chi connectivity index (χ0n) is 41.6. The lowest BCUT2D eigenvalue weighted by Crippen LogP contribution is -2.50. The molecule has 19 heteroatoms. The van der Waals surface area contributed by atoms with Crippen LogP contribution in [0.4, 0.5) is 0 Å². The lowest BCUT2D eigenvalue weighted by atomic mass is 9.84. The van der Waals surface area contributed by atoms with E-state index in [9.17, 15) is 48.9 Å². The number of ether oxygens (including phenoxy) is 5. The molecule has 0 saturated carbocycles. The Hall–Kier alpha value is -5.99. The second kappa shape index (κ2) is 31.3. The van der Waals surface area contributed by atoms with Crippen molar-refractivity contribution in [2.45, 2.75) is 125 Å². The smallest absolute Gasteiger partial charge is 0.348 e. The van der Waals surface area contributed by atoms with E-state index in [2.05, 4.69) is 34.6 Å². The van der Waals surface area contributed by atoms with Gasteiger partial charge in [0, 0.05) is 19.4 Å². The maximum atomic E-state index is 13.7. The summed E-state index contributed by atoms with van der Waals surface area (Å²) < 4.78 is 26.2. The van der Waals surface area contributed by atoms with E-state index in [1.165, 1.54) is 57.2 Å². The van der Waals surface area contributed by atoms with Crippen molar-refractivity contribution in [3.8, 4) is 11.5 Å². The van der Waals surface area contributed by atoms with Gasteiger partial charge in [0.05, 0.1) is 31.3 Å². The average molecular weight is 988 g/mol. The van der Waals surface area contributed by atoms with Gasteiger partial charge in [-0.1, -0.05) is 83.9 Å². The maximum Gasteiger partial charge on any atom is 0.348 e. The summed E-state index contributed by atoms with van der Waals surface area (Å²) >= 11 is 0. The Bertz CT molecular complexity index is 2050. The number of rotatable bonds is 28. The number of carboxylic acids is 2. The summed E-state index contributed by atoms with van der Waals surface area (Å²) in [5.74, 6) is -9.93. The summed E-state index contributed by atoms with van der Waals surface area (Å²) in [6.07, 6.45) is 2.41. The monoisotopic (exact) mass is 987 g/mol. The fourth-order valence-electron chi connectivity index (χ4n) is 7.18. The van der Waals surface area contributed by atoms with Crippen LogP contribution in [-0.4, -0.2) is 110 Å². The van der Waals surface area contributed by atoms with Gasteiger partial charge >= 0.3 is 41.8 Å². The normalized spacial score (nSPS) is 15.2. The number of carbonyl (C=O) groups excluding carboxylic acids is 5. The van der Waals surface area contributed by atoms with Crippen LogP contribution < -0.4 is 15.2 Å². The van der Waals surface area contributed by atoms with Crippen LogP contribution in [-0.2, 0) is 61.0 Å². The van der Waals surface area contributed by atoms with Gasteiger partial charge in [-0.2, -0.15) is 0 Å². The van der Waals surface area contributed by atoms with Crippen molar-refractivity contribution < 1.29 is 87.9 Å². The molecule has 0 aromatic heterocycles. The summed E-state index contributed by atoms with van der Waals surface area (Å²) in [7, 11) is 0. The van der Waals surface area contributed by atoms with Crippen molar-refractivity contribution in [3.63, 3.8) is 0 Å². The summed E-state index contributed by atoms with van der Waals surface area (Å²) in [5, 5.41) is 54.8. The third-order valence-electron chi connectivity index (χ3n) is 11.0. The van der Waals surface area contributed by atoms with Gasteiger partial charge in [-0.15, -0.1) is 0 Å². The standard InChI is InChI=1S/C47H62O15.C4H11NO3/c1-10-27(2)19-28(3)20-29(4)21-30(5)22-31(6)23-37(46(56)58-25-35-11-15-38(16-12-35)60-33(8)48)24-32(7)45(55)62-42(40(43(51)52)41(50)44(53)54)47(57)59-26-36-13-17-39(18-14-36)61-34(9)49;5-4(1-6,2-7)3-8/h11-18,22-23,27-30,32,40-42,50H,10,19-21,24-26H2,1-9H3,(H,51,52)(H,53,54);6-8H,1-3,5H2/b31-22+,37-23-;. The molecule has 0 aliphatic rings. The predicted molar refractivity (Wildman–Crippen MR) is 254 cm³/mol. The number of benzene rings is 2. The van der Waals surface area contributed by atoms with E-state index in [0.717, 1.165) is 25.7 Å². The molecule has 0 aliphatic heterocycles. The number of aliphatic carboxylic acids is 2. The number of allylic oxidation sites excluding steroid dienone is 3. The molecule has 19 nitrogen and oxygen atoms in total. The van der Waals surface area contributed by atoms with Crippen molar-refractivity contribution in [2.24, 2.45) is 41.2 Å². The summed E-state index contributed by atoms with van der Waals surface area (Å²) in [4.78, 5) is 87.3. The molecule has 0 saturated heterocycles. The van der Waals surface area contributed by atoms with Gasteiger partial charge < -0.3 is 60.1 Å². The minimum atomic E-state index is -2.69. The molecule has 2 rings (SSSR count). The molecule has 390 valence electrons. The Labute approximate surface area is 409 Å². The molecule has 0 radical (unpaired) electrons. The van der Waals surface area contributed by atoms with Crippen LogP contribution in [0.3, 0.4) is 0 Å². The minimum Gasteiger partial charge on any atom is -0.481 e. The van der Waals surface area contributed by atoms with Crippen molar-refractivity contribution in [3.05, 3.63) is 83.0 Å². The van der Waals surface area contributed by atoms with Gasteiger partial charge in [0.15, 0.2) is 6.10 Å². The van der Waals surface area contributed by atoms with E-state index in [-0.39, 0.29) is 30.3 Å². The Balaban J connectivity index is 0.00000280. The second-order valence-electron chi connectivity index (χ2n) is 18.1. The molecule has 0 amide bonds. The fourth-order valence-corrected chi connectivity index (χ4v) is 7.18. The molecule has 0 heterocycles. The van der Waals surface area contributed by atoms with Gasteiger partial charge in [-0.3, -0.25) is 19.2 Å². The van der Waals surface area contributed by atoms with Crippen LogP contribution in [0.2, 0.25) is 0 Å². The molecule has 0 bridgehead atoms. The quantitative estimate of drug-likeness (QED) is 0.0192. The first kappa shape index (κ1) is 62.0. The molecule has 8 atom stereocenters. The number of aliphatic hydroxyl groups is 4. The number of hydrogen-bond donors (Lipinski definition) is 7. The van der Waals surface area contributed by atoms with Crippen LogP contribution >= 0.6 is 0 Å². The Morgan fingerprint density at radius 3 is 1.53 bits per heavy atom. The van der Waals surface area contributed by atoms with E-state index in [4.69, 9.17) is 44.7 Å². The van der Waals surface area contributed by atoms with Crippen molar-refractivity contribution in [1.82, 2.24) is 0 Å². The number of carbonyl (C=O) groups is 7. The first-order chi connectivity index (χ1) is 32.8. The highest BCUT2D eigenvalue weighted by molar-refractivity contribution is 5.92. The number of esters is 5. The third kappa shape index (κ3) is 23.5. The third-order valence-corrected chi connectivity index (χ3v) is 11.0. The highest BCUT2D eigenvalue weighted by Gasteiger charge is 2.46. The molecule has 70 heavy (non-hydrogen) atoms. The van der Waals surface area contributed by atoms with E-state index in [0.29, 0.717) is 40.2 Å². The van der Waals surface area contributed by atoms with E-state index in [1.807, 2.05) is 6.08 Å². The van der Waals surface area contributed by atoms with E-state index >= 15 is 0 Å². The van der Waals surface area contributed by atoms with Crippen LogP contribution in [0.15, 0.2) is 71.8 Å². The number of aliphatic hydroxyl groups excluding tert-OH is 4. The first-order valence-corrected chi connectivity index (χ1v) is 23.0. The van der Waals surface area contributed by atoms with E-state index in [1.54, 1.807) is 25.1 Å². The molecule has 0 fully saturated rings. The Kier molecular flexibility index (Phi) is 27.7. The van der Waals surface area contributed by atoms with Crippen LogP contribution in [0.5, 0.6) is 11.5 Å². The molecule has 2 aromatic carbocycles. The minimum absolute atomic E-state index is 0.0406. The van der Waals surface area contributed by atoms with Crippen LogP contribution in [0, 0.1) is 35.5 Å². The zero-order valence-corrected chi connectivity index (χ0v) is 41.6. The van der Waals surface area contributed by atoms with E-state index < -0.39 is 97.8 Å². The summed E-state index contributed by atoms with van der Waals surface area (Å²) in [6.45, 7) is 14.8. The molecule has 8 unspecified atom stereocenters. The molecule has 0 aliphatic carbocycles. The van der Waals surface area contributed by atoms with Crippen molar-refractivity contribution >= 4 is 41.8 Å². The largest absolute Gasteiger partial charge is 0.481 e. The van der Waals surface area contributed by atoms with Gasteiger partial charge in [0.2, 0.25) is 6.10 Å². The maximum absolute atomic E-state index is 13.7. The molecular formula is C51H73NO18.